The topological polar surface area (TPSA) is 63.7 Å². The zero-order valence-electron chi connectivity index (χ0n) is 9.02. The average molecular weight is 221 g/mol. The summed E-state index contributed by atoms with van der Waals surface area (Å²) in [5.74, 6) is -1.78. The average Bonchev–Trinajstić information content (AvgIpc) is 2.44. The third-order valence-electron chi connectivity index (χ3n) is 2.61. The number of carbonyl (C=O) groups is 3. The summed E-state index contributed by atoms with van der Waals surface area (Å²) in [6, 6.07) is 0. The maximum absolute atomic E-state index is 11.8. The van der Waals surface area contributed by atoms with Crippen LogP contribution in [0.1, 0.15) is 20.3 Å². The second-order valence-electron chi connectivity index (χ2n) is 3.85. The van der Waals surface area contributed by atoms with E-state index in [0.29, 0.717) is 22.6 Å². The van der Waals surface area contributed by atoms with Crippen molar-refractivity contribution in [2.45, 2.75) is 20.3 Å². The summed E-state index contributed by atoms with van der Waals surface area (Å²) in [5.41, 5.74) is 0.777. The number of hydrogen-bond donors (Lipinski definition) is 0. The second kappa shape index (κ2) is 3.59. The Bertz CT molecular complexity index is 447. The van der Waals surface area contributed by atoms with E-state index in [1.54, 1.807) is 6.08 Å². The summed E-state index contributed by atoms with van der Waals surface area (Å²) in [4.78, 5) is 39.0. The number of rotatable bonds is 1. The molecule has 1 unspecified atom stereocenters. The summed E-state index contributed by atoms with van der Waals surface area (Å²) in [6.45, 7) is 3.01. The van der Waals surface area contributed by atoms with E-state index in [1.165, 1.54) is 0 Å². The molecule has 2 aliphatic rings. The minimum atomic E-state index is -0.682. The molecule has 1 aliphatic heterocycles. The molecule has 0 aromatic carbocycles. The maximum Gasteiger partial charge on any atom is 0.330 e. The van der Waals surface area contributed by atoms with Crippen molar-refractivity contribution < 1.29 is 19.2 Å². The normalized spacial score (nSPS) is 23.9. The van der Waals surface area contributed by atoms with Gasteiger partial charge in [-0.1, -0.05) is 24.1 Å². The second-order valence-corrected chi connectivity index (χ2v) is 3.85. The third kappa shape index (κ3) is 1.44. The standard InChI is InChI=1S/C11H11NO4/c1-6-4-3-5-8-9(6)11(15)12(10(8)14)16-7(2)13/h3,5-6H,4H2,1-2H3. The summed E-state index contributed by atoms with van der Waals surface area (Å²) in [6.07, 6.45) is 4.16. The molecule has 0 aromatic heterocycles. The van der Waals surface area contributed by atoms with Crippen LogP contribution in [0, 0.1) is 5.92 Å². The zero-order chi connectivity index (χ0) is 11.9. The van der Waals surface area contributed by atoms with Crippen molar-refractivity contribution in [3.8, 4) is 0 Å². The number of nitrogens with zero attached hydrogens (tertiary/aromatic N) is 1. The lowest BCUT2D eigenvalue weighted by Crippen LogP contribution is -2.33. The van der Waals surface area contributed by atoms with Crippen LogP contribution in [0.5, 0.6) is 0 Å². The molecule has 5 nitrogen and oxygen atoms in total. The van der Waals surface area contributed by atoms with E-state index in [1.807, 2.05) is 13.0 Å². The molecule has 1 atom stereocenters. The SMILES string of the molecule is CC(=O)ON1C(=O)C2=C(C1=O)C(C)CC=C2. The predicted octanol–water partition coefficient (Wildman–Crippen LogP) is 0.726. The van der Waals surface area contributed by atoms with Gasteiger partial charge in [-0.2, -0.15) is 0 Å². The van der Waals surface area contributed by atoms with Crippen molar-refractivity contribution >= 4 is 17.8 Å². The van der Waals surface area contributed by atoms with Crippen LogP contribution in [-0.2, 0) is 19.2 Å². The number of amides is 2. The van der Waals surface area contributed by atoms with Gasteiger partial charge in [-0.15, -0.1) is 0 Å². The van der Waals surface area contributed by atoms with Crippen LogP contribution in [0.15, 0.2) is 23.3 Å². The van der Waals surface area contributed by atoms with Crippen LogP contribution in [0.3, 0.4) is 0 Å². The van der Waals surface area contributed by atoms with E-state index in [2.05, 4.69) is 4.84 Å². The van der Waals surface area contributed by atoms with Gasteiger partial charge < -0.3 is 4.84 Å². The van der Waals surface area contributed by atoms with Crippen molar-refractivity contribution in [3.05, 3.63) is 23.3 Å². The minimum absolute atomic E-state index is 0.0167. The number of carbonyl (C=O) groups excluding carboxylic acids is 3. The Morgan fingerprint density at radius 2 is 2.12 bits per heavy atom. The molecule has 1 aliphatic carbocycles. The Hall–Kier alpha value is -1.91. The zero-order valence-corrected chi connectivity index (χ0v) is 9.02. The predicted molar refractivity (Wildman–Crippen MR) is 53.6 cm³/mol. The Labute approximate surface area is 92.3 Å². The summed E-state index contributed by atoms with van der Waals surface area (Å²) >= 11 is 0. The fourth-order valence-corrected chi connectivity index (χ4v) is 1.90. The van der Waals surface area contributed by atoms with E-state index >= 15 is 0 Å². The molecule has 5 heteroatoms. The van der Waals surface area contributed by atoms with E-state index in [9.17, 15) is 14.4 Å². The molecule has 0 radical (unpaired) electrons. The fourth-order valence-electron chi connectivity index (χ4n) is 1.90. The molecule has 84 valence electrons. The highest BCUT2D eigenvalue weighted by Gasteiger charge is 2.42. The number of hydrogen-bond acceptors (Lipinski definition) is 4. The van der Waals surface area contributed by atoms with Crippen LogP contribution >= 0.6 is 0 Å². The Kier molecular flexibility index (Phi) is 2.38. The summed E-state index contributed by atoms with van der Waals surface area (Å²) in [7, 11) is 0. The van der Waals surface area contributed by atoms with Crippen LogP contribution in [0.2, 0.25) is 0 Å². The van der Waals surface area contributed by atoms with Gasteiger partial charge in [-0.3, -0.25) is 9.59 Å². The van der Waals surface area contributed by atoms with Crippen LogP contribution in [-0.4, -0.2) is 22.8 Å². The monoisotopic (exact) mass is 221 g/mol. The largest absolute Gasteiger partial charge is 0.330 e. The third-order valence-corrected chi connectivity index (χ3v) is 2.61. The first kappa shape index (κ1) is 10.6. The molecule has 0 fully saturated rings. The van der Waals surface area contributed by atoms with Crippen molar-refractivity contribution in [1.29, 1.82) is 0 Å². The van der Waals surface area contributed by atoms with Crippen LogP contribution in [0.4, 0.5) is 0 Å². The highest BCUT2D eigenvalue weighted by molar-refractivity contribution is 6.20. The van der Waals surface area contributed by atoms with E-state index < -0.39 is 17.8 Å². The lowest BCUT2D eigenvalue weighted by atomic mass is 9.90. The van der Waals surface area contributed by atoms with Gasteiger partial charge in [0.05, 0.1) is 5.57 Å². The number of imide groups is 1. The quantitative estimate of drug-likeness (QED) is 0.612. The van der Waals surface area contributed by atoms with Gasteiger partial charge in [0.25, 0.3) is 11.8 Å². The minimum Gasteiger partial charge on any atom is -0.330 e. The molecular formula is C11H11NO4. The van der Waals surface area contributed by atoms with Gasteiger partial charge >= 0.3 is 5.97 Å². The number of allylic oxidation sites excluding steroid dienone is 1. The molecule has 0 aromatic rings. The first-order chi connectivity index (χ1) is 7.52. The lowest BCUT2D eigenvalue weighted by molar-refractivity contribution is -0.195. The van der Waals surface area contributed by atoms with Gasteiger partial charge in [0.15, 0.2) is 0 Å². The van der Waals surface area contributed by atoms with Crippen LogP contribution in [0.25, 0.3) is 0 Å². The van der Waals surface area contributed by atoms with Gasteiger partial charge in [-0.05, 0) is 12.3 Å². The molecule has 16 heavy (non-hydrogen) atoms. The lowest BCUT2D eigenvalue weighted by Gasteiger charge is -2.14. The molecule has 0 saturated carbocycles. The number of hydroxylamine groups is 2. The molecule has 2 rings (SSSR count). The fraction of sp³-hybridized carbons (Fsp3) is 0.364. The maximum atomic E-state index is 11.8. The first-order valence-electron chi connectivity index (χ1n) is 5.00. The molecule has 0 bridgehead atoms. The highest BCUT2D eigenvalue weighted by atomic mass is 16.7. The highest BCUT2D eigenvalue weighted by Crippen LogP contribution is 2.33. The molecule has 0 N–H and O–H groups in total. The van der Waals surface area contributed by atoms with Crippen molar-refractivity contribution in [3.63, 3.8) is 0 Å². The van der Waals surface area contributed by atoms with Crippen LogP contribution < -0.4 is 0 Å². The van der Waals surface area contributed by atoms with E-state index in [0.717, 1.165) is 6.92 Å². The van der Waals surface area contributed by atoms with E-state index in [4.69, 9.17) is 0 Å². The van der Waals surface area contributed by atoms with Gasteiger partial charge in [-0.25, -0.2) is 4.79 Å². The molecule has 0 saturated heterocycles. The van der Waals surface area contributed by atoms with E-state index in [-0.39, 0.29) is 5.92 Å². The molecule has 2 amide bonds. The molecular weight excluding hydrogens is 210 g/mol. The summed E-state index contributed by atoms with van der Waals surface area (Å²) < 4.78 is 0. The smallest absolute Gasteiger partial charge is 0.330 e. The Balaban J connectivity index is 2.35. The molecule has 1 heterocycles. The van der Waals surface area contributed by atoms with Gasteiger partial charge in [0, 0.05) is 12.5 Å². The summed E-state index contributed by atoms with van der Waals surface area (Å²) in [5, 5.41) is 0.541. The van der Waals surface area contributed by atoms with Gasteiger partial charge in [0.1, 0.15) is 0 Å². The van der Waals surface area contributed by atoms with Crippen molar-refractivity contribution in [1.82, 2.24) is 5.06 Å². The van der Waals surface area contributed by atoms with Gasteiger partial charge in [0.2, 0.25) is 0 Å². The Morgan fingerprint density at radius 1 is 1.44 bits per heavy atom. The first-order valence-corrected chi connectivity index (χ1v) is 5.00. The molecule has 0 spiro atoms. The Morgan fingerprint density at radius 3 is 2.69 bits per heavy atom. The van der Waals surface area contributed by atoms with Crippen molar-refractivity contribution in [2.75, 3.05) is 0 Å². The van der Waals surface area contributed by atoms with Crippen molar-refractivity contribution in [2.24, 2.45) is 5.92 Å².